The van der Waals surface area contributed by atoms with Crippen molar-refractivity contribution in [3.05, 3.63) is 59.7 Å². The molecule has 0 aromatic heterocycles. The SMILES string of the molecule is O=C1CCCc2ccc(-c3ccccc3)cc21. The summed E-state index contributed by atoms with van der Waals surface area (Å²) in [5, 5.41) is 0. The van der Waals surface area contributed by atoms with Gasteiger partial charge in [0.2, 0.25) is 0 Å². The Kier molecular flexibility index (Phi) is 2.52. The van der Waals surface area contributed by atoms with Crippen LogP contribution >= 0.6 is 0 Å². The zero-order chi connectivity index (χ0) is 11.7. The second-order valence-electron chi connectivity index (χ2n) is 4.51. The number of carbonyl (C=O) groups is 1. The third-order valence-corrected chi connectivity index (χ3v) is 3.37. The lowest BCUT2D eigenvalue weighted by molar-refractivity contribution is 0.0972. The average Bonchev–Trinajstić information content (AvgIpc) is 2.40. The quantitative estimate of drug-likeness (QED) is 0.715. The molecule has 0 bridgehead atoms. The number of benzene rings is 2. The molecule has 0 saturated heterocycles. The lowest BCUT2D eigenvalue weighted by atomic mass is 9.88. The predicted molar refractivity (Wildman–Crippen MR) is 69.1 cm³/mol. The summed E-state index contributed by atoms with van der Waals surface area (Å²) >= 11 is 0. The highest BCUT2D eigenvalue weighted by molar-refractivity contribution is 5.99. The molecule has 2 aromatic carbocycles. The molecule has 1 aliphatic rings. The summed E-state index contributed by atoms with van der Waals surface area (Å²) in [6, 6.07) is 16.5. The second kappa shape index (κ2) is 4.17. The van der Waals surface area contributed by atoms with Gasteiger partial charge in [0.25, 0.3) is 0 Å². The minimum Gasteiger partial charge on any atom is -0.294 e. The highest BCUT2D eigenvalue weighted by atomic mass is 16.1. The molecule has 0 heterocycles. The summed E-state index contributed by atoms with van der Waals surface area (Å²) < 4.78 is 0. The van der Waals surface area contributed by atoms with Crippen molar-refractivity contribution in [2.45, 2.75) is 19.3 Å². The van der Waals surface area contributed by atoms with E-state index in [1.807, 2.05) is 24.3 Å². The van der Waals surface area contributed by atoms with Crippen molar-refractivity contribution < 1.29 is 4.79 Å². The molecule has 17 heavy (non-hydrogen) atoms. The first-order chi connectivity index (χ1) is 8.34. The monoisotopic (exact) mass is 222 g/mol. The Morgan fingerprint density at radius 1 is 0.824 bits per heavy atom. The number of carbonyl (C=O) groups excluding carboxylic acids is 1. The maximum absolute atomic E-state index is 11.9. The fourth-order valence-corrected chi connectivity index (χ4v) is 2.44. The zero-order valence-corrected chi connectivity index (χ0v) is 9.65. The first-order valence-corrected chi connectivity index (χ1v) is 6.06. The van der Waals surface area contributed by atoms with Gasteiger partial charge in [-0.25, -0.2) is 0 Å². The predicted octanol–water partition coefficient (Wildman–Crippen LogP) is 3.87. The van der Waals surface area contributed by atoms with Crippen molar-refractivity contribution in [3.8, 4) is 11.1 Å². The van der Waals surface area contributed by atoms with Gasteiger partial charge < -0.3 is 0 Å². The van der Waals surface area contributed by atoms with E-state index in [1.165, 1.54) is 11.1 Å². The van der Waals surface area contributed by atoms with Crippen molar-refractivity contribution in [3.63, 3.8) is 0 Å². The summed E-state index contributed by atoms with van der Waals surface area (Å²) in [4.78, 5) is 11.9. The van der Waals surface area contributed by atoms with Crippen LogP contribution in [0.15, 0.2) is 48.5 Å². The van der Waals surface area contributed by atoms with Gasteiger partial charge in [-0.05, 0) is 35.6 Å². The van der Waals surface area contributed by atoms with Crippen molar-refractivity contribution in [2.75, 3.05) is 0 Å². The van der Waals surface area contributed by atoms with Crippen LogP contribution in [0.25, 0.3) is 11.1 Å². The highest BCUT2D eigenvalue weighted by Crippen LogP contribution is 2.27. The molecule has 0 saturated carbocycles. The molecule has 0 radical (unpaired) electrons. The van der Waals surface area contributed by atoms with Gasteiger partial charge in [-0.1, -0.05) is 42.5 Å². The molecule has 0 fully saturated rings. The molecule has 0 unspecified atom stereocenters. The number of aryl methyl sites for hydroxylation is 1. The summed E-state index contributed by atoms with van der Waals surface area (Å²) in [7, 11) is 0. The van der Waals surface area contributed by atoms with E-state index < -0.39 is 0 Å². The number of hydrogen-bond acceptors (Lipinski definition) is 1. The van der Waals surface area contributed by atoms with E-state index in [1.54, 1.807) is 0 Å². The zero-order valence-electron chi connectivity index (χ0n) is 9.65. The molecule has 0 aliphatic heterocycles. The molecule has 1 heteroatoms. The molecule has 1 aliphatic carbocycles. The first-order valence-electron chi connectivity index (χ1n) is 6.06. The summed E-state index contributed by atoms with van der Waals surface area (Å²) in [6.07, 6.45) is 2.73. The van der Waals surface area contributed by atoms with Crippen LogP contribution in [0.5, 0.6) is 0 Å². The molecule has 1 nitrogen and oxygen atoms in total. The maximum atomic E-state index is 11.9. The van der Waals surface area contributed by atoms with Crippen LogP contribution in [0.2, 0.25) is 0 Å². The Morgan fingerprint density at radius 3 is 2.47 bits per heavy atom. The molecular formula is C16H14O. The van der Waals surface area contributed by atoms with Gasteiger partial charge in [-0.2, -0.15) is 0 Å². The fraction of sp³-hybridized carbons (Fsp3) is 0.188. The molecule has 0 amide bonds. The Bertz CT molecular complexity index is 555. The van der Waals surface area contributed by atoms with Crippen molar-refractivity contribution >= 4 is 5.78 Å². The third kappa shape index (κ3) is 1.89. The van der Waals surface area contributed by atoms with E-state index in [4.69, 9.17) is 0 Å². The van der Waals surface area contributed by atoms with Gasteiger partial charge in [0.1, 0.15) is 0 Å². The number of fused-ring (bicyclic) bond motifs is 1. The minimum absolute atomic E-state index is 0.295. The standard InChI is InChI=1S/C16H14O/c17-16-8-4-7-13-9-10-14(11-15(13)16)12-5-2-1-3-6-12/h1-3,5-6,9-11H,4,7-8H2. The van der Waals surface area contributed by atoms with E-state index in [0.29, 0.717) is 12.2 Å². The summed E-state index contributed by atoms with van der Waals surface area (Å²) in [6.45, 7) is 0. The van der Waals surface area contributed by atoms with Crippen molar-refractivity contribution in [2.24, 2.45) is 0 Å². The minimum atomic E-state index is 0.295. The van der Waals surface area contributed by atoms with E-state index in [2.05, 4.69) is 24.3 Å². The maximum Gasteiger partial charge on any atom is 0.163 e. The van der Waals surface area contributed by atoms with E-state index >= 15 is 0 Å². The topological polar surface area (TPSA) is 17.1 Å². The van der Waals surface area contributed by atoms with Crippen molar-refractivity contribution in [1.82, 2.24) is 0 Å². The highest BCUT2D eigenvalue weighted by Gasteiger charge is 2.17. The molecule has 84 valence electrons. The summed E-state index contributed by atoms with van der Waals surface area (Å²) in [5.74, 6) is 0.295. The molecule has 0 atom stereocenters. The largest absolute Gasteiger partial charge is 0.294 e. The van der Waals surface area contributed by atoms with Gasteiger partial charge in [0, 0.05) is 12.0 Å². The number of Topliss-reactive ketones (excluding diaryl/α,β-unsaturated/α-hetero) is 1. The van der Waals surface area contributed by atoms with Gasteiger partial charge in [-0.15, -0.1) is 0 Å². The smallest absolute Gasteiger partial charge is 0.163 e. The van der Waals surface area contributed by atoms with E-state index in [9.17, 15) is 4.79 Å². The Hall–Kier alpha value is -1.89. The second-order valence-corrected chi connectivity index (χ2v) is 4.51. The number of rotatable bonds is 1. The van der Waals surface area contributed by atoms with Gasteiger partial charge >= 0.3 is 0 Å². The lowest BCUT2D eigenvalue weighted by Crippen LogP contribution is -2.10. The Morgan fingerprint density at radius 2 is 1.65 bits per heavy atom. The van der Waals surface area contributed by atoms with Crippen molar-refractivity contribution in [1.29, 1.82) is 0 Å². The lowest BCUT2D eigenvalue weighted by Gasteiger charge is -2.15. The third-order valence-electron chi connectivity index (χ3n) is 3.37. The van der Waals surface area contributed by atoms with Crippen LogP contribution in [-0.4, -0.2) is 5.78 Å². The molecule has 2 aromatic rings. The fourth-order valence-electron chi connectivity index (χ4n) is 2.44. The van der Waals surface area contributed by atoms with Crippen LogP contribution in [-0.2, 0) is 6.42 Å². The van der Waals surface area contributed by atoms with Crippen LogP contribution in [0.1, 0.15) is 28.8 Å². The molecule has 0 N–H and O–H groups in total. The van der Waals surface area contributed by atoms with Gasteiger partial charge in [0.15, 0.2) is 5.78 Å². The number of ketones is 1. The van der Waals surface area contributed by atoms with Gasteiger partial charge in [-0.3, -0.25) is 4.79 Å². The van der Waals surface area contributed by atoms with Crippen LogP contribution in [0.4, 0.5) is 0 Å². The van der Waals surface area contributed by atoms with Gasteiger partial charge in [0.05, 0.1) is 0 Å². The Balaban J connectivity index is 2.09. The first kappa shape index (κ1) is 10.3. The normalized spacial score (nSPS) is 14.5. The van der Waals surface area contributed by atoms with Crippen LogP contribution in [0, 0.1) is 0 Å². The van der Waals surface area contributed by atoms with Crippen LogP contribution in [0.3, 0.4) is 0 Å². The van der Waals surface area contributed by atoms with Crippen LogP contribution < -0.4 is 0 Å². The molecular weight excluding hydrogens is 208 g/mol. The average molecular weight is 222 g/mol. The Labute approximate surface area is 101 Å². The molecule has 0 spiro atoms. The number of hydrogen-bond donors (Lipinski definition) is 0. The summed E-state index contributed by atoms with van der Waals surface area (Å²) in [5.41, 5.74) is 4.45. The van der Waals surface area contributed by atoms with E-state index in [0.717, 1.165) is 24.0 Å². The molecule has 3 rings (SSSR count). The van der Waals surface area contributed by atoms with E-state index in [-0.39, 0.29) is 0 Å².